The number of nitrogens with one attached hydrogen (secondary N) is 2. The Morgan fingerprint density at radius 2 is 1.73 bits per heavy atom. The van der Waals surface area contributed by atoms with E-state index in [2.05, 4.69) is 31.1 Å². The second-order valence-electron chi connectivity index (χ2n) is 8.52. The summed E-state index contributed by atoms with van der Waals surface area (Å²) in [7, 11) is 0. The summed E-state index contributed by atoms with van der Waals surface area (Å²) in [6, 6.07) is 16.1. The van der Waals surface area contributed by atoms with Crippen LogP contribution in [-0.2, 0) is 0 Å². The monoisotopic (exact) mass is 465 g/mol. The van der Waals surface area contributed by atoms with Gasteiger partial charge in [-0.25, -0.2) is 0 Å². The van der Waals surface area contributed by atoms with Crippen molar-refractivity contribution in [2.24, 2.45) is 0 Å². The molecule has 2 fully saturated rings. The maximum absolute atomic E-state index is 13.1. The number of halogens is 1. The topological polar surface area (TPSA) is 65.2 Å². The lowest BCUT2D eigenvalue weighted by atomic mass is 9.96. The Morgan fingerprint density at radius 1 is 1.03 bits per heavy atom. The Balaban J connectivity index is 1.27. The summed E-state index contributed by atoms with van der Waals surface area (Å²) in [5.41, 5.74) is 3.43. The summed E-state index contributed by atoms with van der Waals surface area (Å²) in [4.78, 5) is 31.2. The molecule has 2 atom stereocenters. The maximum atomic E-state index is 13.1. The van der Waals surface area contributed by atoms with Gasteiger partial charge >= 0.3 is 0 Å². The number of benzene rings is 2. The van der Waals surface area contributed by atoms with E-state index in [9.17, 15) is 9.59 Å². The minimum Gasteiger partial charge on any atom is -0.351 e. The standard InChI is InChI=1S/C24H24BrN3O2/c1-14-2-4-15(5-3-14)24(30)28-19-7-8-20(28)13-18(12-19)26-23(29)22-11-16-10-17(25)6-9-21(16)27-22/h2-6,9-11,18-20,27H,7-8,12-13H2,1H3,(H,26,29)/t19-,20-/m0/s1. The molecule has 154 valence electrons. The smallest absolute Gasteiger partial charge is 0.267 e. The third kappa shape index (κ3) is 3.54. The average molecular weight is 466 g/mol. The molecular formula is C24H24BrN3O2. The first-order valence-corrected chi connectivity index (χ1v) is 11.3. The lowest BCUT2D eigenvalue weighted by Crippen LogP contribution is -2.52. The van der Waals surface area contributed by atoms with E-state index in [1.165, 1.54) is 0 Å². The second kappa shape index (κ2) is 7.58. The Hall–Kier alpha value is -2.60. The first kappa shape index (κ1) is 19.4. The largest absolute Gasteiger partial charge is 0.351 e. The van der Waals surface area contributed by atoms with Crippen LogP contribution in [0.1, 0.15) is 52.1 Å². The quantitative estimate of drug-likeness (QED) is 0.582. The predicted octanol–water partition coefficient (Wildman–Crippen LogP) is 4.80. The number of hydrogen-bond acceptors (Lipinski definition) is 2. The van der Waals surface area contributed by atoms with Crippen molar-refractivity contribution in [1.82, 2.24) is 15.2 Å². The van der Waals surface area contributed by atoms with E-state index in [1.807, 2.05) is 55.5 Å². The van der Waals surface area contributed by atoms with Gasteiger partial charge in [-0.05, 0) is 69.0 Å². The molecular weight excluding hydrogens is 442 g/mol. The highest BCUT2D eigenvalue weighted by Crippen LogP contribution is 2.37. The van der Waals surface area contributed by atoms with E-state index in [-0.39, 0.29) is 29.9 Å². The number of aryl methyl sites for hydroxylation is 1. The Kier molecular flexibility index (Phi) is 4.89. The summed E-state index contributed by atoms with van der Waals surface area (Å²) in [6.45, 7) is 2.03. The molecule has 0 unspecified atom stereocenters. The Morgan fingerprint density at radius 3 is 2.43 bits per heavy atom. The minimum absolute atomic E-state index is 0.0787. The lowest BCUT2D eigenvalue weighted by Gasteiger charge is -2.39. The summed E-state index contributed by atoms with van der Waals surface area (Å²) < 4.78 is 0.989. The van der Waals surface area contributed by atoms with Crippen molar-refractivity contribution < 1.29 is 9.59 Å². The Labute approximate surface area is 184 Å². The van der Waals surface area contributed by atoms with Crippen molar-refractivity contribution in [3.8, 4) is 0 Å². The number of amides is 2. The molecule has 2 saturated heterocycles. The molecule has 0 saturated carbocycles. The van der Waals surface area contributed by atoms with Crippen LogP contribution in [-0.4, -0.2) is 39.8 Å². The van der Waals surface area contributed by atoms with Crippen LogP contribution in [0.3, 0.4) is 0 Å². The zero-order valence-electron chi connectivity index (χ0n) is 16.8. The van der Waals surface area contributed by atoms with Crippen LogP contribution in [0, 0.1) is 6.92 Å². The molecule has 5 rings (SSSR count). The molecule has 2 aromatic carbocycles. The molecule has 1 aromatic heterocycles. The number of piperidine rings is 1. The van der Waals surface area contributed by atoms with Gasteiger partial charge in [-0.2, -0.15) is 0 Å². The van der Waals surface area contributed by atoms with E-state index in [0.717, 1.165) is 52.2 Å². The van der Waals surface area contributed by atoms with Gasteiger partial charge in [-0.1, -0.05) is 33.6 Å². The molecule has 0 radical (unpaired) electrons. The minimum atomic E-state index is -0.0787. The molecule has 2 aliphatic rings. The number of carbonyl (C=O) groups is 2. The molecule has 2 N–H and O–H groups in total. The van der Waals surface area contributed by atoms with Gasteiger partial charge in [-0.15, -0.1) is 0 Å². The average Bonchev–Trinajstić information content (AvgIpc) is 3.26. The SMILES string of the molecule is Cc1ccc(C(=O)N2[C@H]3CC[C@H]2CC(NC(=O)c2cc4cc(Br)ccc4[nH]2)C3)cc1. The van der Waals surface area contributed by atoms with E-state index < -0.39 is 0 Å². The number of nitrogens with zero attached hydrogens (tertiary/aromatic N) is 1. The first-order chi connectivity index (χ1) is 14.5. The lowest BCUT2D eigenvalue weighted by molar-refractivity contribution is 0.0549. The van der Waals surface area contributed by atoms with Gasteiger partial charge in [0.25, 0.3) is 11.8 Å². The normalized spacial score (nSPS) is 23.0. The molecule has 2 bridgehead atoms. The molecule has 2 amide bonds. The van der Waals surface area contributed by atoms with Crippen LogP contribution in [0.4, 0.5) is 0 Å². The fourth-order valence-corrected chi connectivity index (χ4v) is 5.34. The van der Waals surface area contributed by atoms with Crippen LogP contribution in [0.5, 0.6) is 0 Å². The summed E-state index contributed by atoms with van der Waals surface area (Å²) in [6.07, 6.45) is 3.64. The third-order valence-electron chi connectivity index (χ3n) is 6.43. The summed E-state index contributed by atoms with van der Waals surface area (Å²) in [5, 5.41) is 4.21. The molecule has 2 aliphatic heterocycles. The van der Waals surface area contributed by atoms with Gasteiger partial charge in [0.15, 0.2) is 0 Å². The zero-order valence-corrected chi connectivity index (χ0v) is 18.4. The fourth-order valence-electron chi connectivity index (χ4n) is 4.96. The van der Waals surface area contributed by atoms with Crippen molar-refractivity contribution >= 4 is 38.6 Å². The number of H-pyrrole nitrogens is 1. The van der Waals surface area contributed by atoms with E-state index >= 15 is 0 Å². The number of aromatic amines is 1. The van der Waals surface area contributed by atoms with Crippen molar-refractivity contribution in [3.63, 3.8) is 0 Å². The van der Waals surface area contributed by atoms with Crippen molar-refractivity contribution in [2.75, 3.05) is 0 Å². The first-order valence-electron chi connectivity index (χ1n) is 10.5. The van der Waals surface area contributed by atoms with Crippen LogP contribution < -0.4 is 5.32 Å². The van der Waals surface area contributed by atoms with Crippen molar-refractivity contribution in [3.05, 3.63) is 69.8 Å². The van der Waals surface area contributed by atoms with Crippen LogP contribution in [0.15, 0.2) is 53.0 Å². The Bertz CT molecular complexity index is 1110. The van der Waals surface area contributed by atoms with Gasteiger partial charge in [-0.3, -0.25) is 9.59 Å². The van der Waals surface area contributed by atoms with Crippen LogP contribution >= 0.6 is 15.9 Å². The molecule has 0 aliphatic carbocycles. The van der Waals surface area contributed by atoms with Crippen molar-refractivity contribution in [1.29, 1.82) is 0 Å². The number of fused-ring (bicyclic) bond motifs is 3. The molecule has 6 heteroatoms. The van der Waals surface area contributed by atoms with Gasteiger partial charge in [0.1, 0.15) is 5.69 Å². The number of hydrogen-bond donors (Lipinski definition) is 2. The van der Waals surface area contributed by atoms with Gasteiger partial charge in [0.05, 0.1) is 0 Å². The highest BCUT2D eigenvalue weighted by atomic mass is 79.9. The maximum Gasteiger partial charge on any atom is 0.267 e. The highest BCUT2D eigenvalue weighted by molar-refractivity contribution is 9.10. The number of rotatable bonds is 3. The highest BCUT2D eigenvalue weighted by Gasteiger charge is 2.43. The van der Waals surface area contributed by atoms with Crippen LogP contribution in [0.2, 0.25) is 0 Å². The predicted molar refractivity (Wildman–Crippen MR) is 121 cm³/mol. The zero-order chi connectivity index (χ0) is 20.8. The molecule has 0 spiro atoms. The van der Waals surface area contributed by atoms with Gasteiger partial charge < -0.3 is 15.2 Å². The molecule has 3 aromatic rings. The number of carbonyl (C=O) groups excluding carboxylic acids is 2. The third-order valence-corrected chi connectivity index (χ3v) is 6.92. The van der Waals surface area contributed by atoms with Gasteiger partial charge in [0.2, 0.25) is 0 Å². The van der Waals surface area contributed by atoms with E-state index in [4.69, 9.17) is 0 Å². The van der Waals surface area contributed by atoms with Crippen molar-refractivity contribution in [2.45, 2.75) is 50.7 Å². The molecule has 30 heavy (non-hydrogen) atoms. The molecule has 3 heterocycles. The molecule has 5 nitrogen and oxygen atoms in total. The summed E-state index contributed by atoms with van der Waals surface area (Å²) >= 11 is 3.47. The second-order valence-corrected chi connectivity index (χ2v) is 9.44. The number of aromatic nitrogens is 1. The summed E-state index contributed by atoms with van der Waals surface area (Å²) in [5.74, 6) is 0.0403. The fraction of sp³-hybridized carbons (Fsp3) is 0.333. The van der Waals surface area contributed by atoms with Crippen LogP contribution in [0.25, 0.3) is 10.9 Å². The van der Waals surface area contributed by atoms with Gasteiger partial charge in [0, 0.05) is 39.1 Å². The van der Waals surface area contributed by atoms with E-state index in [1.54, 1.807) is 0 Å². The van der Waals surface area contributed by atoms with E-state index in [0.29, 0.717) is 5.69 Å².